The topological polar surface area (TPSA) is 60.5 Å². The van der Waals surface area contributed by atoms with Crippen LogP contribution >= 0.6 is 0 Å². The van der Waals surface area contributed by atoms with Gasteiger partial charge in [-0.25, -0.2) is 9.78 Å². The van der Waals surface area contributed by atoms with E-state index in [1.165, 1.54) is 0 Å². The van der Waals surface area contributed by atoms with E-state index >= 15 is 0 Å². The highest BCUT2D eigenvalue weighted by Crippen LogP contribution is 2.18. The molecule has 1 aromatic rings. The highest BCUT2D eigenvalue weighted by Gasteiger charge is 2.24. The average Bonchev–Trinajstić information content (AvgIpc) is 2.65. The maximum absolute atomic E-state index is 10.8. The van der Waals surface area contributed by atoms with Crippen molar-refractivity contribution in [2.45, 2.75) is 6.04 Å². The molecule has 1 unspecified atom stereocenters. The minimum absolute atomic E-state index is 0.169. The third-order valence-electron chi connectivity index (χ3n) is 1.98. The normalized spacial score (nSPS) is 20.1. The zero-order chi connectivity index (χ0) is 9.97. The van der Waals surface area contributed by atoms with Gasteiger partial charge in [0.15, 0.2) is 0 Å². The van der Waals surface area contributed by atoms with Crippen LogP contribution in [0.1, 0.15) is 11.7 Å². The first-order chi connectivity index (χ1) is 6.79. The molecular formula is C9H10N2O3. The van der Waals surface area contributed by atoms with Crippen LogP contribution in [0.2, 0.25) is 0 Å². The number of alkyl carbamates (subject to hydrolysis) is 1. The molecule has 1 atom stereocenters. The number of carbonyl (C=O) groups excluding carboxylic acids is 1. The summed E-state index contributed by atoms with van der Waals surface area (Å²) in [6, 6.07) is 5.23. The van der Waals surface area contributed by atoms with Crippen molar-refractivity contribution in [2.24, 2.45) is 0 Å². The van der Waals surface area contributed by atoms with E-state index in [1.807, 2.05) is 12.1 Å². The number of ether oxygens (including phenoxy) is 2. The van der Waals surface area contributed by atoms with Crippen LogP contribution in [0.4, 0.5) is 4.79 Å². The van der Waals surface area contributed by atoms with Gasteiger partial charge in [0.05, 0.1) is 12.8 Å². The van der Waals surface area contributed by atoms with Gasteiger partial charge in [-0.3, -0.25) is 0 Å². The Hall–Kier alpha value is -1.78. The van der Waals surface area contributed by atoms with Gasteiger partial charge in [-0.1, -0.05) is 6.07 Å². The molecule has 2 rings (SSSR count). The van der Waals surface area contributed by atoms with Crippen molar-refractivity contribution in [3.63, 3.8) is 0 Å². The Balaban J connectivity index is 2.19. The van der Waals surface area contributed by atoms with E-state index in [-0.39, 0.29) is 6.04 Å². The Morgan fingerprint density at radius 3 is 3.14 bits per heavy atom. The Morgan fingerprint density at radius 2 is 2.50 bits per heavy atom. The summed E-state index contributed by atoms with van der Waals surface area (Å²) in [5.41, 5.74) is 0.746. The first kappa shape index (κ1) is 8.80. The monoisotopic (exact) mass is 194 g/mol. The fraction of sp³-hybridized carbons (Fsp3) is 0.333. The number of pyridine rings is 1. The predicted octanol–water partition coefficient (Wildman–Crippen LogP) is 0.871. The van der Waals surface area contributed by atoms with Crippen LogP contribution in [0, 0.1) is 0 Å². The number of nitrogens with one attached hydrogen (secondary N) is 1. The molecule has 0 aromatic carbocycles. The summed E-state index contributed by atoms with van der Waals surface area (Å²) in [5, 5.41) is 2.64. The molecule has 1 saturated heterocycles. The molecule has 0 radical (unpaired) electrons. The fourth-order valence-corrected chi connectivity index (χ4v) is 1.28. The summed E-state index contributed by atoms with van der Waals surface area (Å²) in [7, 11) is 1.55. The summed E-state index contributed by atoms with van der Waals surface area (Å²) in [6.45, 7) is 0.318. The fourth-order valence-electron chi connectivity index (χ4n) is 1.28. The number of rotatable bonds is 2. The van der Waals surface area contributed by atoms with Gasteiger partial charge in [0.25, 0.3) is 0 Å². The maximum Gasteiger partial charge on any atom is 0.407 e. The molecule has 2 heterocycles. The van der Waals surface area contributed by atoms with Crippen molar-refractivity contribution in [1.29, 1.82) is 0 Å². The minimum Gasteiger partial charge on any atom is -0.481 e. The Labute approximate surface area is 81.0 Å². The molecule has 0 saturated carbocycles. The summed E-state index contributed by atoms with van der Waals surface area (Å²) >= 11 is 0. The van der Waals surface area contributed by atoms with Crippen molar-refractivity contribution < 1.29 is 14.3 Å². The van der Waals surface area contributed by atoms with E-state index in [1.54, 1.807) is 13.2 Å². The number of cyclic esters (lactones) is 1. The van der Waals surface area contributed by atoms with E-state index in [0.29, 0.717) is 12.5 Å². The average molecular weight is 194 g/mol. The molecule has 1 amide bonds. The second-order valence-corrected chi connectivity index (χ2v) is 2.90. The molecule has 1 aliphatic rings. The van der Waals surface area contributed by atoms with Gasteiger partial charge in [0, 0.05) is 6.07 Å². The van der Waals surface area contributed by atoms with E-state index < -0.39 is 6.09 Å². The molecule has 5 nitrogen and oxygen atoms in total. The number of carbonyl (C=O) groups is 1. The lowest BCUT2D eigenvalue weighted by molar-refractivity contribution is 0.177. The molecular weight excluding hydrogens is 184 g/mol. The zero-order valence-electron chi connectivity index (χ0n) is 7.69. The molecule has 14 heavy (non-hydrogen) atoms. The third kappa shape index (κ3) is 1.61. The van der Waals surface area contributed by atoms with Crippen LogP contribution in [0.25, 0.3) is 0 Å². The van der Waals surface area contributed by atoms with E-state index in [9.17, 15) is 4.79 Å². The first-order valence-corrected chi connectivity index (χ1v) is 4.24. The lowest BCUT2D eigenvalue weighted by Crippen LogP contribution is -2.19. The van der Waals surface area contributed by atoms with Gasteiger partial charge in [0.2, 0.25) is 5.88 Å². The molecule has 0 aliphatic carbocycles. The Bertz CT molecular complexity index is 354. The van der Waals surface area contributed by atoms with Crippen molar-refractivity contribution in [3.05, 3.63) is 23.9 Å². The highest BCUT2D eigenvalue weighted by atomic mass is 16.6. The van der Waals surface area contributed by atoms with E-state index in [2.05, 4.69) is 10.3 Å². The summed E-state index contributed by atoms with van der Waals surface area (Å²) in [6.07, 6.45) is -0.403. The smallest absolute Gasteiger partial charge is 0.407 e. The van der Waals surface area contributed by atoms with Gasteiger partial charge >= 0.3 is 6.09 Å². The summed E-state index contributed by atoms with van der Waals surface area (Å²) in [5.74, 6) is 0.531. The summed E-state index contributed by atoms with van der Waals surface area (Å²) < 4.78 is 9.74. The second-order valence-electron chi connectivity index (χ2n) is 2.90. The van der Waals surface area contributed by atoms with Crippen LogP contribution in [0.3, 0.4) is 0 Å². The maximum atomic E-state index is 10.8. The van der Waals surface area contributed by atoms with Gasteiger partial charge in [-0.05, 0) is 6.07 Å². The SMILES string of the molecule is COc1cccc(C2COC(=O)N2)n1. The highest BCUT2D eigenvalue weighted by molar-refractivity contribution is 5.69. The van der Waals surface area contributed by atoms with Crippen molar-refractivity contribution in [1.82, 2.24) is 10.3 Å². The second kappa shape index (κ2) is 3.53. The molecule has 0 spiro atoms. The summed E-state index contributed by atoms with van der Waals surface area (Å²) in [4.78, 5) is 15.0. The van der Waals surface area contributed by atoms with Crippen LogP contribution in [-0.2, 0) is 4.74 Å². The standard InChI is InChI=1S/C9H10N2O3/c1-13-8-4-2-3-6(10-8)7-5-14-9(12)11-7/h2-4,7H,5H2,1H3,(H,11,12). The Kier molecular flexibility index (Phi) is 2.22. The number of methoxy groups -OCH3 is 1. The largest absolute Gasteiger partial charge is 0.481 e. The molecule has 0 bridgehead atoms. The van der Waals surface area contributed by atoms with Gasteiger partial charge < -0.3 is 14.8 Å². The molecule has 1 aromatic heterocycles. The number of amides is 1. The molecule has 1 N–H and O–H groups in total. The van der Waals surface area contributed by atoms with Gasteiger partial charge in [-0.15, -0.1) is 0 Å². The third-order valence-corrected chi connectivity index (χ3v) is 1.98. The minimum atomic E-state index is -0.403. The van der Waals surface area contributed by atoms with Crippen LogP contribution in [0.15, 0.2) is 18.2 Å². The number of aromatic nitrogens is 1. The van der Waals surface area contributed by atoms with E-state index in [4.69, 9.17) is 9.47 Å². The predicted molar refractivity (Wildman–Crippen MR) is 48.0 cm³/mol. The number of hydrogen-bond donors (Lipinski definition) is 1. The zero-order valence-corrected chi connectivity index (χ0v) is 7.69. The molecule has 74 valence electrons. The van der Waals surface area contributed by atoms with Gasteiger partial charge in [0.1, 0.15) is 12.6 Å². The quantitative estimate of drug-likeness (QED) is 0.758. The lowest BCUT2D eigenvalue weighted by atomic mass is 10.2. The lowest BCUT2D eigenvalue weighted by Gasteiger charge is -2.07. The molecule has 1 fully saturated rings. The Morgan fingerprint density at radius 1 is 1.64 bits per heavy atom. The van der Waals surface area contributed by atoms with E-state index in [0.717, 1.165) is 5.69 Å². The number of hydrogen-bond acceptors (Lipinski definition) is 4. The van der Waals surface area contributed by atoms with Crippen LogP contribution < -0.4 is 10.1 Å². The molecule has 1 aliphatic heterocycles. The van der Waals surface area contributed by atoms with Gasteiger partial charge in [-0.2, -0.15) is 0 Å². The molecule has 5 heteroatoms. The van der Waals surface area contributed by atoms with Crippen molar-refractivity contribution >= 4 is 6.09 Å². The van der Waals surface area contributed by atoms with Crippen LogP contribution in [0.5, 0.6) is 5.88 Å². The van der Waals surface area contributed by atoms with Crippen molar-refractivity contribution in [2.75, 3.05) is 13.7 Å². The number of nitrogens with zero attached hydrogens (tertiary/aromatic N) is 1. The van der Waals surface area contributed by atoms with Crippen LogP contribution in [-0.4, -0.2) is 24.8 Å². The van der Waals surface area contributed by atoms with Crippen molar-refractivity contribution in [3.8, 4) is 5.88 Å². The first-order valence-electron chi connectivity index (χ1n) is 4.24.